The van der Waals surface area contributed by atoms with Gasteiger partial charge in [0, 0.05) is 25.7 Å². The first kappa shape index (κ1) is 19.7. The number of hydrogen-bond acceptors (Lipinski definition) is 7. The highest BCUT2D eigenvalue weighted by Gasteiger charge is 2.32. The topological polar surface area (TPSA) is 94.4 Å². The Morgan fingerprint density at radius 3 is 2.63 bits per heavy atom. The van der Waals surface area contributed by atoms with Gasteiger partial charge in [-0.15, -0.1) is 10.2 Å². The quantitative estimate of drug-likeness (QED) is 0.661. The second-order valence-electron chi connectivity index (χ2n) is 6.44. The zero-order chi connectivity index (χ0) is 19.6. The average Bonchev–Trinajstić information content (AvgIpc) is 3.21. The van der Waals surface area contributed by atoms with Crippen LogP contribution in [0.2, 0.25) is 0 Å². The molecule has 1 saturated heterocycles. The van der Waals surface area contributed by atoms with Crippen molar-refractivity contribution in [1.82, 2.24) is 19.7 Å². The second kappa shape index (κ2) is 7.89. The van der Waals surface area contributed by atoms with Gasteiger partial charge in [-0.2, -0.15) is 0 Å². The van der Waals surface area contributed by atoms with Crippen molar-refractivity contribution in [3.63, 3.8) is 0 Å². The molecule has 0 spiro atoms. The molecule has 0 N–H and O–H groups in total. The lowest BCUT2D eigenvalue weighted by Crippen LogP contribution is -2.38. The number of sulfone groups is 1. The number of carbonyl (C=O) groups is 1. The number of nitrogens with zero attached hydrogens (tertiary/aromatic N) is 4. The molecule has 0 saturated carbocycles. The Hall–Kier alpha value is -2.07. The van der Waals surface area contributed by atoms with Crippen molar-refractivity contribution in [2.75, 3.05) is 31.4 Å². The van der Waals surface area contributed by atoms with Crippen LogP contribution in [0.4, 0.5) is 0 Å². The maximum Gasteiger partial charge on any atom is 0.233 e. The highest BCUT2D eigenvalue weighted by Crippen LogP contribution is 2.25. The summed E-state index contributed by atoms with van der Waals surface area (Å²) in [5, 5.41) is 9.00. The summed E-state index contributed by atoms with van der Waals surface area (Å²) in [6, 6.07) is 7.26. The van der Waals surface area contributed by atoms with E-state index in [1.54, 1.807) is 14.2 Å². The highest BCUT2D eigenvalue weighted by atomic mass is 32.2. The fraction of sp³-hybridized carbons (Fsp3) is 0.471. The Bertz CT molecular complexity index is 925. The van der Waals surface area contributed by atoms with Gasteiger partial charge in [-0.3, -0.25) is 4.79 Å². The number of ether oxygens (including phenoxy) is 1. The van der Waals surface area contributed by atoms with E-state index in [0.717, 1.165) is 11.3 Å². The molecule has 8 nitrogen and oxygen atoms in total. The molecule has 0 unspecified atom stereocenters. The molecule has 0 radical (unpaired) electrons. The molecule has 1 aliphatic rings. The molecular weight excluding hydrogens is 388 g/mol. The van der Waals surface area contributed by atoms with Gasteiger partial charge in [-0.1, -0.05) is 11.8 Å². The summed E-state index contributed by atoms with van der Waals surface area (Å²) in [7, 11) is 2.10. The van der Waals surface area contributed by atoms with Crippen molar-refractivity contribution in [3.05, 3.63) is 24.3 Å². The predicted molar refractivity (Wildman–Crippen MR) is 104 cm³/mol. The van der Waals surface area contributed by atoms with Gasteiger partial charge in [-0.25, -0.2) is 8.42 Å². The van der Waals surface area contributed by atoms with Gasteiger partial charge in [0.2, 0.25) is 5.91 Å². The number of rotatable bonds is 6. The molecule has 10 heteroatoms. The first-order chi connectivity index (χ1) is 12.8. The van der Waals surface area contributed by atoms with Crippen molar-refractivity contribution in [2.45, 2.75) is 17.6 Å². The normalized spacial score (nSPS) is 18.4. The first-order valence-electron chi connectivity index (χ1n) is 8.43. The number of benzene rings is 1. The van der Waals surface area contributed by atoms with E-state index >= 15 is 0 Å². The van der Waals surface area contributed by atoms with Crippen molar-refractivity contribution in [2.24, 2.45) is 7.05 Å². The van der Waals surface area contributed by atoms with Crippen LogP contribution in [-0.4, -0.2) is 71.4 Å². The average molecular weight is 411 g/mol. The number of hydrogen-bond donors (Lipinski definition) is 0. The summed E-state index contributed by atoms with van der Waals surface area (Å²) in [6.07, 6.45) is 0.501. The van der Waals surface area contributed by atoms with E-state index in [0.29, 0.717) is 17.4 Å². The van der Waals surface area contributed by atoms with Gasteiger partial charge in [0.25, 0.3) is 0 Å². The van der Waals surface area contributed by atoms with Crippen molar-refractivity contribution < 1.29 is 17.9 Å². The molecule has 2 aromatic rings. The fourth-order valence-electron chi connectivity index (χ4n) is 2.94. The Balaban J connectivity index is 1.63. The molecule has 0 bridgehead atoms. The van der Waals surface area contributed by atoms with Crippen LogP contribution in [0.25, 0.3) is 11.4 Å². The third-order valence-corrected chi connectivity index (χ3v) is 7.41. The number of aromatic nitrogens is 3. The molecule has 146 valence electrons. The first-order valence-corrected chi connectivity index (χ1v) is 11.2. The zero-order valence-corrected chi connectivity index (χ0v) is 17.1. The SMILES string of the molecule is COc1ccc(-c2nnc(SCC(=O)N(C)[C@H]3CCS(=O)(=O)C3)n2C)cc1. The number of thioether (sulfide) groups is 1. The Kier molecular flexibility index (Phi) is 5.75. The number of carbonyl (C=O) groups excluding carboxylic acids is 1. The van der Waals surface area contributed by atoms with E-state index in [-0.39, 0.29) is 29.2 Å². The van der Waals surface area contributed by atoms with Crippen LogP contribution in [0, 0.1) is 0 Å². The van der Waals surface area contributed by atoms with Crippen LogP contribution >= 0.6 is 11.8 Å². The van der Waals surface area contributed by atoms with Crippen molar-refractivity contribution in [3.8, 4) is 17.1 Å². The largest absolute Gasteiger partial charge is 0.497 e. The maximum atomic E-state index is 12.4. The van der Waals surface area contributed by atoms with Crippen LogP contribution in [0.3, 0.4) is 0 Å². The fourth-order valence-corrected chi connectivity index (χ4v) is 5.55. The van der Waals surface area contributed by atoms with Crippen LogP contribution in [-0.2, 0) is 21.7 Å². The second-order valence-corrected chi connectivity index (χ2v) is 9.62. The summed E-state index contributed by atoms with van der Waals surface area (Å²) in [6.45, 7) is 0. The molecule has 3 rings (SSSR count). The van der Waals surface area contributed by atoms with Gasteiger partial charge in [0.1, 0.15) is 5.75 Å². The van der Waals surface area contributed by atoms with Gasteiger partial charge < -0.3 is 14.2 Å². The summed E-state index contributed by atoms with van der Waals surface area (Å²) in [5.74, 6) is 1.72. The molecule has 1 amide bonds. The minimum Gasteiger partial charge on any atom is -0.497 e. The summed E-state index contributed by atoms with van der Waals surface area (Å²) < 4.78 is 30.2. The minimum absolute atomic E-state index is 0.0471. The third kappa shape index (κ3) is 4.44. The van der Waals surface area contributed by atoms with Crippen LogP contribution in [0.1, 0.15) is 6.42 Å². The molecule has 1 fully saturated rings. The van der Waals surface area contributed by atoms with E-state index in [1.807, 2.05) is 35.9 Å². The van der Waals surface area contributed by atoms with Gasteiger partial charge >= 0.3 is 0 Å². The molecule has 1 aromatic heterocycles. The Morgan fingerprint density at radius 1 is 1.33 bits per heavy atom. The smallest absolute Gasteiger partial charge is 0.233 e. The molecule has 1 aliphatic heterocycles. The molecule has 27 heavy (non-hydrogen) atoms. The van der Waals surface area contributed by atoms with Crippen LogP contribution in [0.15, 0.2) is 29.4 Å². The third-order valence-electron chi connectivity index (χ3n) is 4.66. The summed E-state index contributed by atoms with van der Waals surface area (Å²) in [4.78, 5) is 14.0. The number of amides is 1. The summed E-state index contributed by atoms with van der Waals surface area (Å²) in [5.41, 5.74) is 0.900. The molecule has 2 heterocycles. The predicted octanol–water partition coefficient (Wildman–Crippen LogP) is 1.23. The van der Waals surface area contributed by atoms with Crippen molar-refractivity contribution >= 4 is 27.5 Å². The molecule has 1 atom stereocenters. The lowest BCUT2D eigenvalue weighted by Gasteiger charge is -2.23. The highest BCUT2D eigenvalue weighted by molar-refractivity contribution is 7.99. The lowest BCUT2D eigenvalue weighted by molar-refractivity contribution is -0.128. The molecule has 0 aliphatic carbocycles. The monoisotopic (exact) mass is 410 g/mol. The lowest BCUT2D eigenvalue weighted by atomic mass is 10.2. The Labute approximate surface area is 162 Å². The molecular formula is C17H22N4O4S2. The summed E-state index contributed by atoms with van der Waals surface area (Å²) >= 11 is 1.29. The van der Waals surface area contributed by atoms with E-state index in [9.17, 15) is 13.2 Å². The van der Waals surface area contributed by atoms with Crippen LogP contribution < -0.4 is 4.74 Å². The maximum absolute atomic E-state index is 12.4. The van der Waals surface area contributed by atoms with Crippen molar-refractivity contribution in [1.29, 1.82) is 0 Å². The standard InChI is InChI=1S/C17H22N4O4S2/c1-20(13-8-9-27(23,24)11-13)15(22)10-26-17-19-18-16(21(17)2)12-4-6-14(25-3)7-5-12/h4-7,13H,8-11H2,1-3H3/t13-/m0/s1. The van der Waals surface area contributed by atoms with E-state index in [2.05, 4.69) is 10.2 Å². The zero-order valence-electron chi connectivity index (χ0n) is 15.5. The van der Waals surface area contributed by atoms with E-state index in [1.165, 1.54) is 16.7 Å². The van der Waals surface area contributed by atoms with Gasteiger partial charge in [-0.05, 0) is 30.7 Å². The van der Waals surface area contributed by atoms with E-state index in [4.69, 9.17) is 4.74 Å². The van der Waals surface area contributed by atoms with Gasteiger partial charge in [0.15, 0.2) is 20.8 Å². The van der Waals surface area contributed by atoms with E-state index < -0.39 is 9.84 Å². The molecule has 1 aromatic carbocycles. The van der Waals surface area contributed by atoms with Crippen LogP contribution in [0.5, 0.6) is 5.75 Å². The Morgan fingerprint density at radius 2 is 2.04 bits per heavy atom. The van der Waals surface area contributed by atoms with Gasteiger partial charge in [0.05, 0.1) is 24.4 Å². The minimum atomic E-state index is -3.02. The number of methoxy groups -OCH3 is 1.